The predicted octanol–water partition coefficient (Wildman–Crippen LogP) is 6.81. The number of fused-ring (bicyclic) bond motifs is 2. The van der Waals surface area contributed by atoms with Gasteiger partial charge >= 0.3 is 18.0 Å². The summed E-state index contributed by atoms with van der Waals surface area (Å²) in [6.45, 7) is 0. The van der Waals surface area contributed by atoms with Crippen LogP contribution in [0.2, 0.25) is 0 Å². The Morgan fingerprint density at radius 2 is 0.827 bits per heavy atom. The van der Waals surface area contributed by atoms with Crippen molar-refractivity contribution in [3.8, 4) is 0 Å². The standard InChI is InChI=1S/C37H30N4O9S2/c1-49-35(42)25-5-3-7-33(21-25)51(45,46)40-31-15-11-23-9-13-29(17-27(23)19-31)38-37(44)39-30-14-10-24-12-16-32(20-28(24)18-30)41-52(47,48)34-8-4-6-26(22-34)36(43)50-2/h3-22,40-41H,1-2H3,(H2,38,39,44). The van der Waals surface area contributed by atoms with Crippen LogP contribution in [-0.2, 0) is 29.5 Å². The van der Waals surface area contributed by atoms with Gasteiger partial charge < -0.3 is 20.1 Å². The van der Waals surface area contributed by atoms with Crippen LogP contribution in [0.5, 0.6) is 0 Å². The molecule has 0 aliphatic carbocycles. The van der Waals surface area contributed by atoms with Crippen LogP contribution in [-0.4, -0.2) is 49.0 Å². The first-order valence-corrected chi connectivity index (χ1v) is 18.4. The Morgan fingerprint density at radius 3 is 1.21 bits per heavy atom. The quantitative estimate of drug-likeness (QED) is 0.110. The van der Waals surface area contributed by atoms with Crippen LogP contribution >= 0.6 is 0 Å². The first-order valence-electron chi connectivity index (χ1n) is 15.4. The van der Waals surface area contributed by atoms with E-state index in [9.17, 15) is 31.2 Å². The molecule has 0 radical (unpaired) electrons. The van der Waals surface area contributed by atoms with Crippen LogP contribution < -0.4 is 20.1 Å². The van der Waals surface area contributed by atoms with E-state index in [0.717, 1.165) is 10.8 Å². The van der Waals surface area contributed by atoms with Crippen molar-refractivity contribution < 1.29 is 40.7 Å². The van der Waals surface area contributed by atoms with E-state index in [0.29, 0.717) is 22.1 Å². The molecule has 6 rings (SSSR count). The number of ether oxygens (including phenoxy) is 2. The van der Waals surface area contributed by atoms with E-state index in [1.807, 2.05) is 0 Å². The monoisotopic (exact) mass is 738 g/mol. The summed E-state index contributed by atoms with van der Waals surface area (Å²) in [4.78, 5) is 36.5. The molecule has 0 aromatic heterocycles. The number of amides is 2. The second kappa shape index (κ2) is 14.4. The van der Waals surface area contributed by atoms with Gasteiger partial charge in [0.15, 0.2) is 0 Å². The lowest BCUT2D eigenvalue weighted by atomic mass is 10.1. The SMILES string of the molecule is COC(=O)c1cccc(S(=O)(=O)Nc2ccc3ccc(NC(=O)Nc4ccc5ccc(NS(=O)(=O)c6cccc(C(=O)OC)c6)cc5c4)cc3c2)c1. The number of sulfonamides is 2. The molecule has 6 aromatic rings. The fourth-order valence-corrected chi connectivity index (χ4v) is 7.50. The number of carbonyl (C=O) groups excluding carboxylic acids is 3. The third-order valence-corrected chi connectivity index (χ3v) is 10.6. The molecule has 2 amide bonds. The van der Waals surface area contributed by atoms with Gasteiger partial charge in [0.1, 0.15) is 0 Å². The second-order valence-electron chi connectivity index (χ2n) is 11.4. The first kappa shape index (κ1) is 35.4. The Balaban J connectivity index is 1.15. The third kappa shape index (κ3) is 7.96. The molecule has 13 nitrogen and oxygen atoms in total. The average Bonchev–Trinajstić information content (AvgIpc) is 3.13. The van der Waals surface area contributed by atoms with E-state index < -0.39 is 38.0 Å². The molecule has 0 saturated heterocycles. The molecule has 0 bridgehead atoms. The molecule has 0 atom stereocenters. The van der Waals surface area contributed by atoms with E-state index >= 15 is 0 Å². The highest BCUT2D eigenvalue weighted by atomic mass is 32.2. The minimum absolute atomic E-state index is 0.0929. The van der Waals surface area contributed by atoms with Crippen molar-refractivity contribution in [3.63, 3.8) is 0 Å². The van der Waals surface area contributed by atoms with Gasteiger partial charge in [0, 0.05) is 22.7 Å². The largest absolute Gasteiger partial charge is 0.465 e. The summed E-state index contributed by atoms with van der Waals surface area (Å²) in [5, 5.41) is 8.39. The van der Waals surface area contributed by atoms with E-state index in [-0.39, 0.29) is 32.3 Å². The van der Waals surface area contributed by atoms with Crippen LogP contribution in [0.25, 0.3) is 21.5 Å². The molecule has 0 aliphatic heterocycles. The molecule has 0 saturated carbocycles. The summed E-state index contributed by atoms with van der Waals surface area (Å²) < 4.78 is 66.7. The average molecular weight is 739 g/mol. The van der Waals surface area contributed by atoms with E-state index in [1.165, 1.54) is 62.8 Å². The van der Waals surface area contributed by atoms with Crippen LogP contribution in [0, 0.1) is 0 Å². The molecule has 4 N–H and O–H groups in total. The van der Waals surface area contributed by atoms with Crippen LogP contribution in [0.15, 0.2) is 131 Å². The van der Waals surface area contributed by atoms with Gasteiger partial charge in [0.2, 0.25) is 0 Å². The number of urea groups is 1. The fourth-order valence-electron chi connectivity index (χ4n) is 5.31. The maximum Gasteiger partial charge on any atom is 0.337 e. The van der Waals surface area contributed by atoms with Crippen molar-refractivity contribution in [2.24, 2.45) is 0 Å². The number of carbonyl (C=O) groups is 3. The maximum atomic E-state index is 13.1. The van der Waals surface area contributed by atoms with Crippen molar-refractivity contribution in [3.05, 3.63) is 132 Å². The van der Waals surface area contributed by atoms with Crippen molar-refractivity contribution >= 4 is 82.3 Å². The normalized spacial score (nSPS) is 11.4. The van der Waals surface area contributed by atoms with E-state index in [1.54, 1.807) is 72.8 Å². The molecule has 15 heteroatoms. The Hall–Kier alpha value is -6.45. The molecular formula is C37H30N4O9S2. The summed E-state index contributed by atoms with van der Waals surface area (Å²) in [7, 11) is -5.67. The molecule has 0 fully saturated rings. The summed E-state index contributed by atoms with van der Waals surface area (Å²) in [6, 6.07) is 30.6. The smallest absolute Gasteiger partial charge is 0.337 e. The number of esters is 2. The van der Waals surface area contributed by atoms with Gasteiger partial charge in [-0.05, 0) is 106 Å². The van der Waals surface area contributed by atoms with Crippen LogP contribution in [0.1, 0.15) is 20.7 Å². The lowest BCUT2D eigenvalue weighted by molar-refractivity contribution is 0.0591. The lowest BCUT2D eigenvalue weighted by Crippen LogP contribution is -2.19. The highest BCUT2D eigenvalue weighted by Crippen LogP contribution is 2.27. The van der Waals surface area contributed by atoms with Gasteiger partial charge in [-0.1, -0.05) is 36.4 Å². The number of anilines is 4. The highest BCUT2D eigenvalue weighted by Gasteiger charge is 2.19. The third-order valence-electron chi connectivity index (χ3n) is 7.83. The number of nitrogens with one attached hydrogen (secondary N) is 4. The lowest BCUT2D eigenvalue weighted by Gasteiger charge is -2.12. The van der Waals surface area contributed by atoms with Crippen LogP contribution in [0.3, 0.4) is 0 Å². The van der Waals surface area contributed by atoms with Gasteiger partial charge in [-0.3, -0.25) is 9.44 Å². The van der Waals surface area contributed by atoms with Gasteiger partial charge in [-0.15, -0.1) is 0 Å². The minimum Gasteiger partial charge on any atom is -0.465 e. The zero-order chi connectivity index (χ0) is 37.0. The molecular weight excluding hydrogens is 709 g/mol. The summed E-state index contributed by atoms with van der Waals surface area (Å²) >= 11 is 0. The molecule has 52 heavy (non-hydrogen) atoms. The number of rotatable bonds is 10. The van der Waals surface area contributed by atoms with E-state index in [2.05, 4.69) is 29.6 Å². The highest BCUT2D eigenvalue weighted by molar-refractivity contribution is 7.93. The molecule has 0 heterocycles. The Bertz CT molecular complexity index is 2430. The van der Waals surface area contributed by atoms with Crippen molar-refractivity contribution in [1.82, 2.24) is 0 Å². The Labute approximate surface area is 298 Å². The first-order chi connectivity index (χ1) is 24.8. The maximum absolute atomic E-state index is 13.1. The Kier molecular flexibility index (Phi) is 9.81. The number of hydrogen-bond acceptors (Lipinski definition) is 9. The minimum atomic E-state index is -4.04. The molecule has 0 spiro atoms. The number of hydrogen-bond donors (Lipinski definition) is 4. The van der Waals surface area contributed by atoms with Crippen molar-refractivity contribution in [2.45, 2.75) is 9.79 Å². The number of methoxy groups -OCH3 is 2. The van der Waals surface area contributed by atoms with Crippen LogP contribution in [0.4, 0.5) is 27.5 Å². The number of benzene rings is 6. The molecule has 0 unspecified atom stereocenters. The molecule has 0 aliphatic rings. The van der Waals surface area contributed by atoms with E-state index in [4.69, 9.17) is 0 Å². The van der Waals surface area contributed by atoms with Gasteiger partial charge in [-0.25, -0.2) is 31.2 Å². The van der Waals surface area contributed by atoms with Gasteiger partial charge in [0.25, 0.3) is 20.0 Å². The summed E-state index contributed by atoms with van der Waals surface area (Å²) in [5.74, 6) is -1.32. The van der Waals surface area contributed by atoms with Gasteiger partial charge in [0.05, 0.1) is 35.1 Å². The molecule has 6 aromatic carbocycles. The van der Waals surface area contributed by atoms with Crippen molar-refractivity contribution in [2.75, 3.05) is 34.3 Å². The fraction of sp³-hybridized carbons (Fsp3) is 0.0541. The van der Waals surface area contributed by atoms with Crippen molar-refractivity contribution in [1.29, 1.82) is 0 Å². The summed E-state index contributed by atoms with van der Waals surface area (Å²) in [5.41, 5.74) is 1.59. The summed E-state index contributed by atoms with van der Waals surface area (Å²) in [6.07, 6.45) is 0. The molecule has 264 valence electrons. The topological polar surface area (TPSA) is 186 Å². The Morgan fingerprint density at radius 1 is 0.462 bits per heavy atom. The second-order valence-corrected chi connectivity index (χ2v) is 14.7. The van der Waals surface area contributed by atoms with Gasteiger partial charge in [-0.2, -0.15) is 0 Å². The zero-order valence-electron chi connectivity index (χ0n) is 27.5. The zero-order valence-corrected chi connectivity index (χ0v) is 29.2. The predicted molar refractivity (Wildman–Crippen MR) is 198 cm³/mol.